The quantitative estimate of drug-likeness (QED) is 0.867. The summed E-state index contributed by atoms with van der Waals surface area (Å²) in [6, 6.07) is 7.78. The molecule has 1 aromatic carbocycles. The summed E-state index contributed by atoms with van der Waals surface area (Å²) in [7, 11) is 0. The summed E-state index contributed by atoms with van der Waals surface area (Å²) in [6.45, 7) is 3.09. The van der Waals surface area contributed by atoms with Gasteiger partial charge in [-0.1, -0.05) is 31.4 Å². The molecule has 2 rings (SSSR count). The Hall–Kier alpha value is -1.55. The first-order chi connectivity index (χ1) is 9.64. The van der Waals surface area contributed by atoms with Gasteiger partial charge in [-0.25, -0.2) is 0 Å². The van der Waals surface area contributed by atoms with E-state index in [-0.39, 0.29) is 5.91 Å². The molecule has 1 aliphatic carbocycles. The van der Waals surface area contributed by atoms with Crippen molar-refractivity contribution in [2.75, 3.05) is 6.61 Å². The van der Waals surface area contributed by atoms with E-state index in [0.29, 0.717) is 13.2 Å². The number of hydrogen-bond acceptors (Lipinski definition) is 3. The number of nitrogens with two attached hydrogens (primary N) is 1. The Morgan fingerprint density at radius 3 is 2.80 bits per heavy atom. The van der Waals surface area contributed by atoms with Crippen molar-refractivity contribution in [3.63, 3.8) is 0 Å². The molecule has 0 aromatic heterocycles. The molecule has 1 amide bonds. The second-order valence-corrected chi connectivity index (χ2v) is 5.48. The second kappa shape index (κ2) is 6.75. The molecule has 0 spiro atoms. The van der Waals surface area contributed by atoms with Crippen LogP contribution in [-0.4, -0.2) is 18.1 Å². The molecule has 0 atom stereocenters. The monoisotopic (exact) mass is 276 g/mol. The number of benzene rings is 1. The Morgan fingerprint density at radius 2 is 2.10 bits per heavy atom. The molecule has 1 aromatic rings. The van der Waals surface area contributed by atoms with E-state index >= 15 is 0 Å². The molecular weight excluding hydrogens is 252 g/mol. The lowest BCUT2D eigenvalue weighted by atomic mass is 9.82. The van der Waals surface area contributed by atoms with Crippen LogP contribution in [0.5, 0.6) is 5.75 Å². The topological polar surface area (TPSA) is 64.3 Å². The van der Waals surface area contributed by atoms with Crippen molar-refractivity contribution < 1.29 is 9.53 Å². The summed E-state index contributed by atoms with van der Waals surface area (Å²) in [5, 5.41) is 2.96. The van der Waals surface area contributed by atoms with E-state index in [0.717, 1.165) is 37.0 Å². The number of carbonyl (C=O) groups is 1. The maximum atomic E-state index is 12.2. The Kier molecular flexibility index (Phi) is 5.01. The Morgan fingerprint density at radius 1 is 1.35 bits per heavy atom. The van der Waals surface area contributed by atoms with Crippen LogP contribution in [-0.2, 0) is 11.3 Å². The van der Waals surface area contributed by atoms with Crippen molar-refractivity contribution in [1.29, 1.82) is 0 Å². The van der Waals surface area contributed by atoms with Crippen molar-refractivity contribution in [2.24, 2.45) is 5.73 Å². The highest BCUT2D eigenvalue weighted by molar-refractivity contribution is 5.86. The molecule has 4 heteroatoms. The summed E-state index contributed by atoms with van der Waals surface area (Å²) in [6.07, 6.45) is 4.85. The standard InChI is InChI=1S/C16H24N2O2/c1-2-20-14-8-6-7-13(11-14)12-18-15(19)16(17)9-4-3-5-10-16/h6-8,11H,2-5,9-10,12,17H2,1H3,(H,18,19). The van der Waals surface area contributed by atoms with Gasteiger partial charge in [-0.05, 0) is 37.5 Å². The fourth-order valence-corrected chi connectivity index (χ4v) is 2.68. The zero-order chi connectivity index (χ0) is 14.4. The van der Waals surface area contributed by atoms with Gasteiger partial charge in [0, 0.05) is 6.54 Å². The number of ether oxygens (including phenoxy) is 1. The lowest BCUT2D eigenvalue weighted by Crippen LogP contribution is -2.54. The van der Waals surface area contributed by atoms with Crippen molar-refractivity contribution in [3.05, 3.63) is 29.8 Å². The van der Waals surface area contributed by atoms with E-state index in [9.17, 15) is 4.79 Å². The van der Waals surface area contributed by atoms with Crippen LogP contribution in [0.4, 0.5) is 0 Å². The summed E-state index contributed by atoms with van der Waals surface area (Å²) in [4.78, 5) is 12.2. The highest BCUT2D eigenvalue weighted by atomic mass is 16.5. The van der Waals surface area contributed by atoms with Gasteiger partial charge in [0.1, 0.15) is 5.75 Å². The molecule has 0 unspecified atom stereocenters. The van der Waals surface area contributed by atoms with Gasteiger partial charge in [-0.2, -0.15) is 0 Å². The molecular formula is C16H24N2O2. The molecule has 20 heavy (non-hydrogen) atoms. The first-order valence-corrected chi connectivity index (χ1v) is 7.43. The van der Waals surface area contributed by atoms with E-state index in [1.165, 1.54) is 6.42 Å². The smallest absolute Gasteiger partial charge is 0.240 e. The molecule has 0 heterocycles. The van der Waals surface area contributed by atoms with Crippen LogP contribution in [0.15, 0.2) is 24.3 Å². The van der Waals surface area contributed by atoms with Crippen molar-refractivity contribution >= 4 is 5.91 Å². The van der Waals surface area contributed by atoms with Crippen LogP contribution in [0.1, 0.15) is 44.6 Å². The highest BCUT2D eigenvalue weighted by Gasteiger charge is 2.34. The molecule has 3 N–H and O–H groups in total. The zero-order valence-electron chi connectivity index (χ0n) is 12.2. The minimum atomic E-state index is -0.671. The molecule has 0 bridgehead atoms. The summed E-state index contributed by atoms with van der Waals surface area (Å²) in [5.74, 6) is 0.804. The van der Waals surface area contributed by atoms with E-state index in [1.54, 1.807) is 0 Å². The van der Waals surface area contributed by atoms with Crippen LogP contribution in [0.2, 0.25) is 0 Å². The zero-order valence-corrected chi connectivity index (χ0v) is 12.2. The molecule has 0 aliphatic heterocycles. The van der Waals surface area contributed by atoms with Crippen molar-refractivity contribution in [1.82, 2.24) is 5.32 Å². The second-order valence-electron chi connectivity index (χ2n) is 5.48. The number of hydrogen-bond donors (Lipinski definition) is 2. The highest BCUT2D eigenvalue weighted by Crippen LogP contribution is 2.26. The maximum absolute atomic E-state index is 12.2. The van der Waals surface area contributed by atoms with Gasteiger partial charge in [0.15, 0.2) is 0 Å². The Bertz CT molecular complexity index is 454. The average molecular weight is 276 g/mol. The van der Waals surface area contributed by atoms with Gasteiger partial charge < -0.3 is 15.8 Å². The fourth-order valence-electron chi connectivity index (χ4n) is 2.68. The van der Waals surface area contributed by atoms with Crippen LogP contribution in [0.3, 0.4) is 0 Å². The number of nitrogens with one attached hydrogen (secondary N) is 1. The predicted molar refractivity (Wildman–Crippen MR) is 79.5 cm³/mol. The largest absolute Gasteiger partial charge is 0.494 e. The number of carbonyl (C=O) groups excluding carboxylic acids is 1. The molecule has 0 saturated heterocycles. The number of amides is 1. The minimum absolute atomic E-state index is 0.0287. The minimum Gasteiger partial charge on any atom is -0.494 e. The first-order valence-electron chi connectivity index (χ1n) is 7.43. The van der Waals surface area contributed by atoms with Crippen LogP contribution in [0, 0.1) is 0 Å². The summed E-state index contributed by atoms with van der Waals surface area (Å²) < 4.78 is 5.45. The van der Waals surface area contributed by atoms with Gasteiger partial charge in [0.2, 0.25) is 5.91 Å². The van der Waals surface area contributed by atoms with Crippen molar-refractivity contribution in [3.8, 4) is 5.75 Å². The molecule has 1 fully saturated rings. The summed E-state index contributed by atoms with van der Waals surface area (Å²) >= 11 is 0. The third kappa shape index (κ3) is 3.73. The lowest BCUT2D eigenvalue weighted by molar-refractivity contribution is -0.127. The van der Waals surface area contributed by atoms with Gasteiger partial charge >= 0.3 is 0 Å². The third-order valence-electron chi connectivity index (χ3n) is 3.86. The third-order valence-corrected chi connectivity index (χ3v) is 3.86. The Labute approximate surface area is 120 Å². The van der Waals surface area contributed by atoms with Gasteiger partial charge in [-0.3, -0.25) is 4.79 Å². The number of rotatable bonds is 5. The molecule has 1 aliphatic rings. The maximum Gasteiger partial charge on any atom is 0.240 e. The van der Waals surface area contributed by atoms with E-state index < -0.39 is 5.54 Å². The van der Waals surface area contributed by atoms with Gasteiger partial charge in [0.05, 0.1) is 12.1 Å². The first kappa shape index (κ1) is 14.9. The molecule has 0 radical (unpaired) electrons. The van der Waals surface area contributed by atoms with E-state index in [2.05, 4.69) is 5.32 Å². The predicted octanol–water partition coefficient (Wildman–Crippen LogP) is 2.36. The van der Waals surface area contributed by atoms with Crippen LogP contribution in [0.25, 0.3) is 0 Å². The SMILES string of the molecule is CCOc1cccc(CNC(=O)C2(N)CCCCC2)c1. The molecule has 1 saturated carbocycles. The Balaban J connectivity index is 1.91. The fraction of sp³-hybridized carbons (Fsp3) is 0.562. The molecule has 110 valence electrons. The lowest BCUT2D eigenvalue weighted by Gasteiger charge is -2.31. The summed E-state index contributed by atoms with van der Waals surface area (Å²) in [5.41, 5.74) is 6.57. The normalized spacial score (nSPS) is 17.5. The van der Waals surface area contributed by atoms with Crippen LogP contribution >= 0.6 is 0 Å². The average Bonchev–Trinajstić information content (AvgIpc) is 2.46. The van der Waals surface area contributed by atoms with Gasteiger partial charge in [0.25, 0.3) is 0 Å². The van der Waals surface area contributed by atoms with Crippen LogP contribution < -0.4 is 15.8 Å². The van der Waals surface area contributed by atoms with Gasteiger partial charge in [-0.15, -0.1) is 0 Å². The van der Waals surface area contributed by atoms with E-state index in [1.807, 2.05) is 31.2 Å². The van der Waals surface area contributed by atoms with Crippen molar-refractivity contribution in [2.45, 2.75) is 51.1 Å². The van der Waals surface area contributed by atoms with E-state index in [4.69, 9.17) is 10.5 Å². The molecule has 4 nitrogen and oxygen atoms in total.